The molecule has 0 heterocycles. The first kappa shape index (κ1) is 21.2. The van der Waals surface area contributed by atoms with Crippen molar-refractivity contribution in [3.63, 3.8) is 0 Å². The van der Waals surface area contributed by atoms with Crippen molar-refractivity contribution in [2.75, 3.05) is 19.0 Å². The van der Waals surface area contributed by atoms with Gasteiger partial charge in [-0.3, -0.25) is 4.79 Å². The van der Waals surface area contributed by atoms with Crippen molar-refractivity contribution in [3.8, 4) is 0 Å². The Morgan fingerprint density at radius 1 is 1.14 bits per heavy atom. The highest BCUT2D eigenvalue weighted by molar-refractivity contribution is 6.01. The summed E-state index contributed by atoms with van der Waals surface area (Å²) in [6.45, 7) is 0.140. The number of amides is 1. The lowest BCUT2D eigenvalue weighted by molar-refractivity contribution is -0.140. The number of alkyl halides is 3. The lowest BCUT2D eigenvalue weighted by Gasteiger charge is -2.17. The minimum atomic E-state index is -4.50. The lowest BCUT2D eigenvalue weighted by atomic mass is 10.1. The van der Waals surface area contributed by atoms with E-state index in [2.05, 4.69) is 10.6 Å². The van der Waals surface area contributed by atoms with E-state index in [1.165, 1.54) is 31.4 Å². The lowest BCUT2D eigenvalue weighted by Crippen LogP contribution is -2.41. The third-order valence-corrected chi connectivity index (χ3v) is 3.85. The van der Waals surface area contributed by atoms with Crippen LogP contribution in [0.25, 0.3) is 0 Å². The summed E-state index contributed by atoms with van der Waals surface area (Å²) >= 11 is 0. The molecule has 150 valence electrons. The summed E-state index contributed by atoms with van der Waals surface area (Å²) in [5.41, 5.74) is -0.340. The largest absolute Gasteiger partial charge is 0.480 e. The molecule has 0 aliphatic carbocycles. The predicted octanol–water partition coefficient (Wildman–Crippen LogP) is 3.67. The molecule has 0 saturated carbocycles. The standard InChI is InChI=1S/C19H19F3N2O4/c1-28-10-9-16(18(26)27)24-17(25)14-7-2-3-8-15(14)23-13-6-4-5-12(11-13)19(20,21)22/h2-8,11,16,23H,9-10H2,1H3,(H,24,25)(H,26,27). The second-order valence-corrected chi connectivity index (χ2v) is 5.89. The van der Waals surface area contributed by atoms with E-state index in [1.807, 2.05) is 0 Å². The van der Waals surface area contributed by atoms with Gasteiger partial charge in [-0.2, -0.15) is 13.2 Å². The third-order valence-electron chi connectivity index (χ3n) is 3.85. The third kappa shape index (κ3) is 5.71. The smallest absolute Gasteiger partial charge is 0.416 e. The van der Waals surface area contributed by atoms with Gasteiger partial charge in [0.15, 0.2) is 0 Å². The molecule has 3 N–H and O–H groups in total. The average Bonchev–Trinajstić information content (AvgIpc) is 2.64. The monoisotopic (exact) mass is 396 g/mol. The number of rotatable bonds is 8. The Morgan fingerprint density at radius 2 is 1.86 bits per heavy atom. The van der Waals surface area contributed by atoms with Crippen molar-refractivity contribution >= 4 is 23.3 Å². The number of carboxylic acids is 1. The van der Waals surface area contributed by atoms with Gasteiger partial charge >= 0.3 is 12.1 Å². The number of aliphatic carboxylic acids is 1. The molecule has 2 rings (SSSR count). The molecule has 0 bridgehead atoms. The Labute approximate surface area is 159 Å². The van der Waals surface area contributed by atoms with Crippen molar-refractivity contribution in [3.05, 3.63) is 59.7 Å². The molecule has 28 heavy (non-hydrogen) atoms. The number of nitrogens with one attached hydrogen (secondary N) is 2. The molecule has 0 aliphatic heterocycles. The summed E-state index contributed by atoms with van der Waals surface area (Å²) in [4.78, 5) is 23.8. The maximum Gasteiger partial charge on any atom is 0.416 e. The molecule has 0 aromatic heterocycles. The minimum Gasteiger partial charge on any atom is -0.480 e. The van der Waals surface area contributed by atoms with E-state index >= 15 is 0 Å². The quantitative estimate of drug-likeness (QED) is 0.634. The summed E-state index contributed by atoms with van der Waals surface area (Å²) in [5.74, 6) is -1.88. The molecule has 0 aliphatic rings. The van der Waals surface area contributed by atoms with Crippen LogP contribution in [-0.4, -0.2) is 36.7 Å². The van der Waals surface area contributed by atoms with Gasteiger partial charge in [-0.25, -0.2) is 4.79 Å². The van der Waals surface area contributed by atoms with E-state index < -0.39 is 29.7 Å². The zero-order valence-electron chi connectivity index (χ0n) is 14.9. The number of halogens is 3. The second-order valence-electron chi connectivity index (χ2n) is 5.89. The highest BCUT2D eigenvalue weighted by Crippen LogP contribution is 2.31. The van der Waals surface area contributed by atoms with Crippen LogP contribution in [0.4, 0.5) is 24.5 Å². The van der Waals surface area contributed by atoms with Gasteiger partial charge in [-0.05, 0) is 30.3 Å². The van der Waals surface area contributed by atoms with Gasteiger partial charge in [0, 0.05) is 25.8 Å². The maximum atomic E-state index is 12.9. The molecule has 6 nitrogen and oxygen atoms in total. The van der Waals surface area contributed by atoms with E-state index in [0.29, 0.717) is 0 Å². The first-order chi connectivity index (χ1) is 13.2. The van der Waals surface area contributed by atoms with E-state index in [9.17, 15) is 27.9 Å². The molecule has 1 unspecified atom stereocenters. The van der Waals surface area contributed by atoms with Crippen LogP contribution in [0.5, 0.6) is 0 Å². The molecule has 1 atom stereocenters. The number of hydrogen-bond donors (Lipinski definition) is 3. The molecule has 0 fully saturated rings. The van der Waals surface area contributed by atoms with Gasteiger partial charge < -0.3 is 20.5 Å². The number of carboxylic acid groups (broad SMARTS) is 1. The summed E-state index contributed by atoms with van der Waals surface area (Å²) in [6.07, 6.45) is -4.43. The van der Waals surface area contributed by atoms with Crippen LogP contribution in [0.3, 0.4) is 0 Å². The van der Waals surface area contributed by atoms with E-state index in [4.69, 9.17) is 4.74 Å². The van der Waals surface area contributed by atoms with Crippen LogP contribution in [0, 0.1) is 0 Å². The predicted molar refractivity (Wildman–Crippen MR) is 96.6 cm³/mol. The van der Waals surface area contributed by atoms with Gasteiger partial charge in [-0.1, -0.05) is 18.2 Å². The maximum absolute atomic E-state index is 12.9. The Balaban J connectivity index is 2.23. The molecule has 2 aromatic carbocycles. The molecule has 2 aromatic rings. The van der Waals surface area contributed by atoms with Crippen molar-refractivity contribution in [2.45, 2.75) is 18.6 Å². The highest BCUT2D eigenvalue weighted by atomic mass is 19.4. The van der Waals surface area contributed by atoms with E-state index in [0.717, 1.165) is 12.1 Å². The second kappa shape index (κ2) is 9.23. The molecule has 0 radical (unpaired) electrons. The number of benzene rings is 2. The summed E-state index contributed by atoms with van der Waals surface area (Å²) in [5, 5.41) is 14.4. The number of para-hydroxylation sites is 1. The summed E-state index contributed by atoms with van der Waals surface area (Å²) < 4.78 is 43.5. The SMILES string of the molecule is COCCC(NC(=O)c1ccccc1Nc1cccc(C(F)(F)F)c1)C(=O)O. The van der Waals surface area contributed by atoms with Crippen LogP contribution < -0.4 is 10.6 Å². The number of carbonyl (C=O) groups excluding carboxylic acids is 1. The Hall–Kier alpha value is -3.07. The number of carbonyl (C=O) groups is 2. The van der Waals surface area contributed by atoms with Gasteiger partial charge in [-0.15, -0.1) is 0 Å². The van der Waals surface area contributed by atoms with Crippen LogP contribution in [0.2, 0.25) is 0 Å². The molecular weight excluding hydrogens is 377 g/mol. The van der Waals surface area contributed by atoms with Crippen LogP contribution >= 0.6 is 0 Å². The number of methoxy groups -OCH3 is 1. The summed E-state index contributed by atoms with van der Waals surface area (Å²) in [6, 6.07) is 9.52. The normalized spacial score (nSPS) is 12.3. The summed E-state index contributed by atoms with van der Waals surface area (Å²) in [7, 11) is 1.41. The molecule has 1 amide bonds. The van der Waals surface area contributed by atoms with Crippen molar-refractivity contribution in [1.82, 2.24) is 5.32 Å². The van der Waals surface area contributed by atoms with Crippen LogP contribution in [0.15, 0.2) is 48.5 Å². The Morgan fingerprint density at radius 3 is 2.50 bits per heavy atom. The molecule has 0 spiro atoms. The molecule has 9 heteroatoms. The fourth-order valence-corrected chi connectivity index (χ4v) is 2.45. The van der Waals surface area contributed by atoms with Crippen molar-refractivity contribution < 1.29 is 32.6 Å². The average molecular weight is 396 g/mol. The van der Waals surface area contributed by atoms with Gasteiger partial charge in [0.1, 0.15) is 6.04 Å². The van der Waals surface area contributed by atoms with Crippen LogP contribution in [-0.2, 0) is 15.7 Å². The number of hydrogen-bond acceptors (Lipinski definition) is 4. The van der Waals surface area contributed by atoms with Gasteiger partial charge in [0.2, 0.25) is 0 Å². The van der Waals surface area contributed by atoms with Gasteiger partial charge in [0.25, 0.3) is 5.91 Å². The molecular formula is C19H19F3N2O4. The zero-order chi connectivity index (χ0) is 20.7. The Kier molecular flexibility index (Phi) is 7.00. The topological polar surface area (TPSA) is 87.7 Å². The molecule has 0 saturated heterocycles. The van der Waals surface area contributed by atoms with Crippen LogP contribution in [0.1, 0.15) is 22.3 Å². The van der Waals surface area contributed by atoms with E-state index in [1.54, 1.807) is 12.1 Å². The number of anilines is 2. The van der Waals surface area contributed by atoms with Crippen molar-refractivity contribution in [2.24, 2.45) is 0 Å². The first-order valence-corrected chi connectivity index (χ1v) is 8.28. The van der Waals surface area contributed by atoms with E-state index in [-0.39, 0.29) is 30.0 Å². The highest BCUT2D eigenvalue weighted by Gasteiger charge is 2.30. The number of ether oxygens (including phenoxy) is 1. The Bertz CT molecular complexity index is 840. The zero-order valence-corrected chi connectivity index (χ0v) is 14.9. The van der Waals surface area contributed by atoms with Gasteiger partial charge in [0.05, 0.1) is 16.8 Å². The first-order valence-electron chi connectivity index (χ1n) is 8.28. The minimum absolute atomic E-state index is 0.0702. The fourth-order valence-electron chi connectivity index (χ4n) is 2.45. The fraction of sp³-hybridized carbons (Fsp3) is 0.263. The van der Waals surface area contributed by atoms with Crippen molar-refractivity contribution in [1.29, 1.82) is 0 Å².